The van der Waals surface area contributed by atoms with Gasteiger partial charge in [0.1, 0.15) is 11.5 Å². The molecule has 0 aliphatic heterocycles. The van der Waals surface area contributed by atoms with Gasteiger partial charge in [0.2, 0.25) is 0 Å². The molecule has 0 amide bonds. The van der Waals surface area contributed by atoms with Gasteiger partial charge in [0.05, 0.1) is 26.4 Å². The fourth-order valence-electron chi connectivity index (χ4n) is 5.78. The molecule has 6 nitrogen and oxygen atoms in total. The zero-order chi connectivity index (χ0) is 32.1. The Kier molecular flexibility index (Phi) is 11.7. The fourth-order valence-corrected chi connectivity index (χ4v) is 5.78. The van der Waals surface area contributed by atoms with E-state index in [1.165, 1.54) is 32.7 Å². The lowest BCUT2D eigenvalue weighted by Crippen LogP contribution is -2.05. The standard InChI is InChI=1S/C40H42O6/c1-3-43-37(41)17-9-11-27-45-31-23-19-29(20-24-31)39-33-13-5-7-15-35(33)40(36-16-8-6-14-34(36)39)30-21-25-32(26-22-30)46-28-12-10-18-38(42)44-4-2/h5-8,13-16,19-26H,3-4,9-12,17-18,27-28H2,1-2H3. The van der Waals surface area contributed by atoms with E-state index in [2.05, 4.69) is 72.8 Å². The Morgan fingerprint density at radius 1 is 0.478 bits per heavy atom. The van der Waals surface area contributed by atoms with Gasteiger partial charge in [-0.25, -0.2) is 0 Å². The molecule has 0 bridgehead atoms. The summed E-state index contributed by atoms with van der Waals surface area (Å²) in [5, 5.41) is 4.74. The van der Waals surface area contributed by atoms with Crippen LogP contribution >= 0.6 is 0 Å². The van der Waals surface area contributed by atoms with Crippen molar-refractivity contribution >= 4 is 33.5 Å². The van der Waals surface area contributed by atoms with E-state index in [1.54, 1.807) is 0 Å². The summed E-state index contributed by atoms with van der Waals surface area (Å²) in [5.41, 5.74) is 4.64. The van der Waals surface area contributed by atoms with Crippen LogP contribution in [-0.2, 0) is 19.1 Å². The molecule has 5 aromatic carbocycles. The molecule has 6 heteroatoms. The van der Waals surface area contributed by atoms with E-state index in [9.17, 15) is 9.59 Å². The minimum absolute atomic E-state index is 0.154. The third-order valence-electron chi connectivity index (χ3n) is 7.92. The molecule has 0 N–H and O–H groups in total. The number of carbonyl (C=O) groups excluding carboxylic acids is 2. The molecule has 0 spiro atoms. The third kappa shape index (κ3) is 8.25. The number of rotatable bonds is 16. The SMILES string of the molecule is CCOC(=O)CCCCOc1ccc(-c2c3ccccc3c(-c3ccc(OCCCCC(=O)OCC)cc3)c3ccccc23)cc1. The van der Waals surface area contributed by atoms with Crippen molar-refractivity contribution in [2.24, 2.45) is 0 Å². The van der Waals surface area contributed by atoms with Crippen LogP contribution in [0.25, 0.3) is 43.8 Å². The molecular weight excluding hydrogens is 576 g/mol. The largest absolute Gasteiger partial charge is 0.494 e. The predicted octanol–water partition coefficient (Wildman–Crippen LogP) is 9.55. The number of benzene rings is 5. The van der Waals surface area contributed by atoms with Crippen LogP contribution in [-0.4, -0.2) is 38.4 Å². The first-order chi connectivity index (χ1) is 22.6. The van der Waals surface area contributed by atoms with E-state index < -0.39 is 0 Å². The van der Waals surface area contributed by atoms with Crippen LogP contribution in [0.5, 0.6) is 11.5 Å². The summed E-state index contributed by atoms with van der Waals surface area (Å²) in [5.74, 6) is 1.32. The van der Waals surface area contributed by atoms with Crippen molar-refractivity contribution in [3.8, 4) is 33.8 Å². The van der Waals surface area contributed by atoms with E-state index in [0.717, 1.165) is 48.3 Å². The van der Waals surface area contributed by atoms with Gasteiger partial charge in [-0.15, -0.1) is 0 Å². The normalized spacial score (nSPS) is 11.0. The first kappa shape index (κ1) is 32.6. The highest BCUT2D eigenvalue weighted by Gasteiger charge is 2.16. The average Bonchev–Trinajstić information content (AvgIpc) is 3.08. The topological polar surface area (TPSA) is 71.1 Å². The average molecular weight is 619 g/mol. The number of carbonyl (C=O) groups is 2. The number of hydrogen-bond donors (Lipinski definition) is 0. The van der Waals surface area contributed by atoms with Crippen molar-refractivity contribution in [1.29, 1.82) is 0 Å². The summed E-state index contributed by atoms with van der Waals surface area (Å²) >= 11 is 0. The first-order valence-electron chi connectivity index (χ1n) is 16.3. The minimum Gasteiger partial charge on any atom is -0.494 e. The number of unbranched alkanes of at least 4 members (excludes halogenated alkanes) is 2. The van der Waals surface area contributed by atoms with Crippen molar-refractivity contribution in [3.05, 3.63) is 97.1 Å². The van der Waals surface area contributed by atoms with Crippen molar-refractivity contribution in [2.45, 2.75) is 52.4 Å². The summed E-state index contributed by atoms with van der Waals surface area (Å²) in [6, 6.07) is 33.8. The van der Waals surface area contributed by atoms with Gasteiger partial charge < -0.3 is 18.9 Å². The highest BCUT2D eigenvalue weighted by molar-refractivity contribution is 6.21. The second-order valence-corrected chi connectivity index (χ2v) is 11.1. The molecule has 0 unspecified atom stereocenters. The Hall–Kier alpha value is -4.84. The molecule has 238 valence electrons. The molecule has 0 heterocycles. The van der Waals surface area contributed by atoms with E-state index in [-0.39, 0.29) is 11.9 Å². The van der Waals surface area contributed by atoms with E-state index in [0.29, 0.717) is 39.3 Å². The van der Waals surface area contributed by atoms with Crippen molar-refractivity contribution in [2.75, 3.05) is 26.4 Å². The first-order valence-corrected chi connectivity index (χ1v) is 16.3. The van der Waals surface area contributed by atoms with Gasteiger partial charge in [-0.2, -0.15) is 0 Å². The van der Waals surface area contributed by atoms with Gasteiger partial charge in [0.25, 0.3) is 0 Å². The quantitative estimate of drug-likeness (QED) is 0.0623. The van der Waals surface area contributed by atoms with Gasteiger partial charge in [-0.05, 0) is 108 Å². The summed E-state index contributed by atoms with van der Waals surface area (Å²) < 4.78 is 21.9. The van der Waals surface area contributed by atoms with Crippen LogP contribution in [0.15, 0.2) is 97.1 Å². The van der Waals surface area contributed by atoms with Crippen LogP contribution in [0.2, 0.25) is 0 Å². The van der Waals surface area contributed by atoms with Crippen LogP contribution in [0.3, 0.4) is 0 Å². The lowest BCUT2D eigenvalue weighted by Gasteiger charge is -2.18. The van der Waals surface area contributed by atoms with Crippen LogP contribution in [0.1, 0.15) is 52.4 Å². The maximum absolute atomic E-state index is 11.6. The minimum atomic E-state index is -0.154. The second-order valence-electron chi connectivity index (χ2n) is 11.1. The highest BCUT2D eigenvalue weighted by Crippen LogP contribution is 2.44. The lowest BCUT2D eigenvalue weighted by molar-refractivity contribution is -0.144. The molecule has 5 rings (SSSR count). The summed E-state index contributed by atoms with van der Waals surface area (Å²) in [4.78, 5) is 23.1. The lowest BCUT2D eigenvalue weighted by atomic mass is 9.86. The molecule has 46 heavy (non-hydrogen) atoms. The number of ether oxygens (including phenoxy) is 4. The monoisotopic (exact) mass is 618 g/mol. The van der Waals surface area contributed by atoms with Crippen LogP contribution in [0, 0.1) is 0 Å². The van der Waals surface area contributed by atoms with Gasteiger partial charge in [-0.3, -0.25) is 9.59 Å². The molecule has 0 aromatic heterocycles. The van der Waals surface area contributed by atoms with Gasteiger partial charge >= 0.3 is 11.9 Å². The number of esters is 2. The van der Waals surface area contributed by atoms with Crippen molar-refractivity contribution in [1.82, 2.24) is 0 Å². The van der Waals surface area contributed by atoms with Gasteiger partial charge in [-0.1, -0.05) is 72.8 Å². The Morgan fingerprint density at radius 2 is 0.826 bits per heavy atom. The maximum Gasteiger partial charge on any atom is 0.305 e. The zero-order valence-corrected chi connectivity index (χ0v) is 26.8. The Labute approximate surface area is 271 Å². The molecule has 0 radical (unpaired) electrons. The summed E-state index contributed by atoms with van der Waals surface area (Å²) in [6.45, 7) is 5.58. The molecule has 0 saturated heterocycles. The summed E-state index contributed by atoms with van der Waals surface area (Å²) in [6.07, 6.45) is 3.92. The third-order valence-corrected chi connectivity index (χ3v) is 7.92. The predicted molar refractivity (Wildman–Crippen MR) is 184 cm³/mol. The number of fused-ring (bicyclic) bond motifs is 2. The molecule has 0 saturated carbocycles. The number of hydrogen-bond acceptors (Lipinski definition) is 6. The van der Waals surface area contributed by atoms with Gasteiger partial charge in [0.15, 0.2) is 0 Å². The smallest absolute Gasteiger partial charge is 0.305 e. The Balaban J connectivity index is 1.34. The van der Waals surface area contributed by atoms with E-state index in [1.807, 2.05) is 38.1 Å². The molecule has 0 fully saturated rings. The van der Waals surface area contributed by atoms with Gasteiger partial charge in [0, 0.05) is 12.8 Å². The highest BCUT2D eigenvalue weighted by atomic mass is 16.5. The Morgan fingerprint density at radius 3 is 1.15 bits per heavy atom. The van der Waals surface area contributed by atoms with E-state index >= 15 is 0 Å². The zero-order valence-electron chi connectivity index (χ0n) is 26.8. The van der Waals surface area contributed by atoms with E-state index in [4.69, 9.17) is 18.9 Å². The fraction of sp³-hybridized carbons (Fsp3) is 0.300. The maximum atomic E-state index is 11.6. The molecule has 5 aromatic rings. The molecular formula is C40H42O6. The van der Waals surface area contributed by atoms with Crippen LogP contribution in [0.4, 0.5) is 0 Å². The van der Waals surface area contributed by atoms with Crippen LogP contribution < -0.4 is 9.47 Å². The van der Waals surface area contributed by atoms with Crippen molar-refractivity contribution < 1.29 is 28.5 Å². The van der Waals surface area contributed by atoms with Crippen molar-refractivity contribution in [3.63, 3.8) is 0 Å². The second kappa shape index (κ2) is 16.5. The Bertz CT molecular complexity index is 1550. The molecule has 0 atom stereocenters. The molecule has 0 aliphatic carbocycles. The summed E-state index contributed by atoms with van der Waals surface area (Å²) in [7, 11) is 0. The molecule has 0 aliphatic rings.